The number of thiocarbonyl (C=S) groups is 1. The number of nitrogens with one attached hydrogen (secondary N) is 2. The molecule has 4 rings (SSSR count). The molecular formula is C22H22N2O2S2. The van der Waals surface area contributed by atoms with Gasteiger partial charge in [0, 0.05) is 16.0 Å². The molecule has 1 atom stereocenters. The van der Waals surface area contributed by atoms with Crippen LogP contribution in [0.3, 0.4) is 0 Å². The summed E-state index contributed by atoms with van der Waals surface area (Å²) in [6, 6.07) is 14.2. The monoisotopic (exact) mass is 410 g/mol. The number of rotatable bonds is 3. The Hall–Kier alpha value is -2.44. The minimum atomic E-state index is -0.303. The molecule has 1 unspecified atom stereocenters. The van der Waals surface area contributed by atoms with Gasteiger partial charge in [0.25, 0.3) is 0 Å². The van der Waals surface area contributed by atoms with Gasteiger partial charge in [-0.05, 0) is 54.4 Å². The first-order valence-electron chi connectivity index (χ1n) is 9.35. The Kier molecular flexibility index (Phi) is 5.33. The highest BCUT2D eigenvalue weighted by atomic mass is 32.1. The van der Waals surface area contributed by atoms with Crippen LogP contribution in [-0.4, -0.2) is 18.2 Å². The second kappa shape index (κ2) is 7.89. The van der Waals surface area contributed by atoms with Gasteiger partial charge in [-0.15, -0.1) is 11.3 Å². The maximum atomic E-state index is 12.4. The molecule has 0 spiro atoms. The predicted molar refractivity (Wildman–Crippen MR) is 121 cm³/mol. The summed E-state index contributed by atoms with van der Waals surface area (Å²) in [5, 5.41) is 10.0. The van der Waals surface area contributed by atoms with E-state index in [4.69, 9.17) is 17.0 Å². The van der Waals surface area contributed by atoms with Gasteiger partial charge < -0.3 is 15.4 Å². The first kappa shape index (κ1) is 18.9. The standard InChI is InChI=1S/C22H22N2O2S2/c1-13-10-11-16-18(12-13)28-20(19(16)21(25)26-2)24-22(27)23-17-9-5-7-14-6-3-4-8-15(14)17/h3-9,13H,10-12H2,1-2H3,(H2,23,24,27). The van der Waals surface area contributed by atoms with Crippen LogP contribution in [0.5, 0.6) is 0 Å². The number of carbonyl (C=O) groups is 1. The van der Waals surface area contributed by atoms with Crippen LogP contribution in [0.4, 0.5) is 10.7 Å². The summed E-state index contributed by atoms with van der Waals surface area (Å²) in [4.78, 5) is 13.7. The van der Waals surface area contributed by atoms with Crippen molar-refractivity contribution < 1.29 is 9.53 Å². The zero-order chi connectivity index (χ0) is 19.7. The maximum absolute atomic E-state index is 12.4. The Morgan fingerprint density at radius 1 is 1.18 bits per heavy atom. The quantitative estimate of drug-likeness (QED) is 0.433. The van der Waals surface area contributed by atoms with Crippen LogP contribution < -0.4 is 10.6 Å². The summed E-state index contributed by atoms with van der Waals surface area (Å²) >= 11 is 7.17. The summed E-state index contributed by atoms with van der Waals surface area (Å²) < 4.78 is 5.05. The van der Waals surface area contributed by atoms with Gasteiger partial charge in [-0.2, -0.15) is 0 Å². The average Bonchev–Trinajstić information content (AvgIpc) is 3.04. The van der Waals surface area contributed by atoms with E-state index in [1.165, 1.54) is 12.0 Å². The van der Waals surface area contributed by atoms with Gasteiger partial charge in [-0.1, -0.05) is 43.3 Å². The highest BCUT2D eigenvalue weighted by Crippen LogP contribution is 2.40. The zero-order valence-corrected chi connectivity index (χ0v) is 17.5. The number of ether oxygens (including phenoxy) is 1. The molecule has 3 aromatic rings. The lowest BCUT2D eigenvalue weighted by Gasteiger charge is -2.18. The first-order chi connectivity index (χ1) is 13.6. The third kappa shape index (κ3) is 3.62. The number of anilines is 2. The Labute approximate surface area is 173 Å². The van der Waals surface area contributed by atoms with E-state index in [2.05, 4.69) is 35.8 Å². The molecule has 2 aromatic carbocycles. The fourth-order valence-corrected chi connectivity index (χ4v) is 5.43. The molecule has 1 aliphatic carbocycles. The zero-order valence-electron chi connectivity index (χ0n) is 15.9. The molecule has 0 bridgehead atoms. The fourth-order valence-electron chi connectivity index (χ4n) is 3.75. The van der Waals surface area contributed by atoms with Crippen LogP contribution >= 0.6 is 23.6 Å². The second-order valence-corrected chi connectivity index (χ2v) is 8.67. The lowest BCUT2D eigenvalue weighted by atomic mass is 9.88. The molecule has 0 radical (unpaired) electrons. The molecule has 0 aliphatic heterocycles. The lowest BCUT2D eigenvalue weighted by molar-refractivity contribution is 0.0601. The number of carbonyl (C=O) groups excluding carboxylic acids is 1. The molecule has 4 nitrogen and oxygen atoms in total. The number of hydrogen-bond acceptors (Lipinski definition) is 4. The van der Waals surface area contributed by atoms with E-state index >= 15 is 0 Å². The van der Waals surface area contributed by atoms with Gasteiger partial charge in [0.05, 0.1) is 12.7 Å². The van der Waals surface area contributed by atoms with Crippen molar-refractivity contribution in [3.05, 3.63) is 58.5 Å². The number of benzene rings is 2. The third-order valence-corrected chi connectivity index (χ3v) is 6.54. The topological polar surface area (TPSA) is 50.4 Å². The van der Waals surface area contributed by atoms with Crippen molar-refractivity contribution in [1.82, 2.24) is 0 Å². The second-order valence-electron chi connectivity index (χ2n) is 7.15. The minimum absolute atomic E-state index is 0.303. The van der Waals surface area contributed by atoms with Crippen molar-refractivity contribution in [2.45, 2.75) is 26.2 Å². The minimum Gasteiger partial charge on any atom is -0.465 e. The number of hydrogen-bond donors (Lipinski definition) is 2. The van der Waals surface area contributed by atoms with E-state index in [1.807, 2.05) is 24.3 Å². The van der Waals surface area contributed by atoms with Crippen LogP contribution in [0.15, 0.2) is 42.5 Å². The van der Waals surface area contributed by atoms with Crippen LogP contribution in [0, 0.1) is 5.92 Å². The van der Waals surface area contributed by atoms with E-state index in [0.717, 1.165) is 46.3 Å². The van der Waals surface area contributed by atoms with E-state index in [1.54, 1.807) is 11.3 Å². The van der Waals surface area contributed by atoms with Crippen molar-refractivity contribution >= 4 is 56.1 Å². The Bertz CT molecular complexity index is 1050. The molecule has 1 aromatic heterocycles. The van der Waals surface area contributed by atoms with Crippen molar-refractivity contribution in [2.75, 3.05) is 17.7 Å². The highest BCUT2D eigenvalue weighted by Gasteiger charge is 2.28. The Morgan fingerprint density at radius 2 is 1.96 bits per heavy atom. The van der Waals surface area contributed by atoms with Gasteiger partial charge in [-0.3, -0.25) is 0 Å². The molecule has 0 saturated heterocycles. The Balaban J connectivity index is 1.61. The molecule has 0 saturated carbocycles. The van der Waals surface area contributed by atoms with E-state index in [-0.39, 0.29) is 5.97 Å². The normalized spacial score (nSPS) is 15.7. The Morgan fingerprint density at radius 3 is 2.79 bits per heavy atom. The summed E-state index contributed by atoms with van der Waals surface area (Å²) in [7, 11) is 1.42. The van der Waals surface area contributed by atoms with Gasteiger partial charge in [0.2, 0.25) is 0 Å². The summed E-state index contributed by atoms with van der Waals surface area (Å²) in [6.07, 6.45) is 2.99. The van der Waals surface area contributed by atoms with E-state index in [0.29, 0.717) is 16.6 Å². The average molecular weight is 411 g/mol. The number of fused-ring (bicyclic) bond motifs is 2. The molecule has 1 aliphatic rings. The molecule has 0 amide bonds. The van der Waals surface area contributed by atoms with Crippen molar-refractivity contribution in [2.24, 2.45) is 5.92 Å². The van der Waals surface area contributed by atoms with Crippen LogP contribution in [-0.2, 0) is 17.6 Å². The van der Waals surface area contributed by atoms with Gasteiger partial charge in [0.1, 0.15) is 5.00 Å². The third-order valence-electron chi connectivity index (χ3n) is 5.17. The molecule has 28 heavy (non-hydrogen) atoms. The fraction of sp³-hybridized carbons (Fsp3) is 0.273. The van der Waals surface area contributed by atoms with Crippen LogP contribution in [0.25, 0.3) is 10.8 Å². The molecule has 6 heteroatoms. The molecule has 144 valence electrons. The largest absolute Gasteiger partial charge is 0.465 e. The number of esters is 1. The van der Waals surface area contributed by atoms with Gasteiger partial charge >= 0.3 is 5.97 Å². The van der Waals surface area contributed by atoms with Crippen molar-refractivity contribution in [1.29, 1.82) is 0 Å². The summed E-state index contributed by atoms with van der Waals surface area (Å²) in [5.74, 6) is 0.327. The highest BCUT2D eigenvalue weighted by molar-refractivity contribution is 7.80. The summed E-state index contributed by atoms with van der Waals surface area (Å²) in [6.45, 7) is 2.25. The van der Waals surface area contributed by atoms with E-state index in [9.17, 15) is 4.79 Å². The molecule has 2 N–H and O–H groups in total. The predicted octanol–water partition coefficient (Wildman–Crippen LogP) is 5.62. The van der Waals surface area contributed by atoms with E-state index < -0.39 is 0 Å². The van der Waals surface area contributed by atoms with Crippen molar-refractivity contribution in [3.63, 3.8) is 0 Å². The molecule has 1 heterocycles. The van der Waals surface area contributed by atoms with Gasteiger partial charge in [0.15, 0.2) is 5.11 Å². The van der Waals surface area contributed by atoms with Crippen LogP contribution in [0.2, 0.25) is 0 Å². The summed E-state index contributed by atoms with van der Waals surface area (Å²) in [5.41, 5.74) is 2.69. The molecular weight excluding hydrogens is 388 g/mol. The maximum Gasteiger partial charge on any atom is 0.341 e. The number of methoxy groups -OCH3 is 1. The first-order valence-corrected chi connectivity index (χ1v) is 10.6. The number of thiophene rings is 1. The van der Waals surface area contributed by atoms with Gasteiger partial charge in [-0.25, -0.2) is 4.79 Å². The smallest absolute Gasteiger partial charge is 0.341 e. The SMILES string of the molecule is COC(=O)c1c(NC(=S)Nc2cccc3ccccc23)sc2c1CCC(C)C2. The van der Waals surface area contributed by atoms with Crippen molar-refractivity contribution in [3.8, 4) is 0 Å². The molecule has 0 fully saturated rings. The lowest BCUT2D eigenvalue weighted by Crippen LogP contribution is -2.20. The van der Waals surface area contributed by atoms with Crippen LogP contribution in [0.1, 0.15) is 34.1 Å².